The molecule has 1 saturated heterocycles. The van der Waals surface area contributed by atoms with Crippen molar-refractivity contribution in [3.05, 3.63) is 59.7 Å². The van der Waals surface area contributed by atoms with Crippen molar-refractivity contribution in [1.29, 1.82) is 0 Å². The standard InChI is InChI=1S/C20H19N3O3/c1-12-19-15(14-6-2-3-7-16(14)21-19)9-17-20(25)22(11-18(24)23(12)17)10-13-5-4-8-26-13/h2-8,12,17,21H,9-11H2,1H3. The zero-order chi connectivity index (χ0) is 17.8. The molecule has 0 aliphatic carbocycles. The number of fused-ring (bicyclic) bond motifs is 4. The van der Waals surface area contributed by atoms with Crippen LogP contribution in [0.25, 0.3) is 10.9 Å². The topological polar surface area (TPSA) is 69.5 Å². The van der Waals surface area contributed by atoms with Gasteiger partial charge in [-0.05, 0) is 30.7 Å². The third-order valence-electron chi connectivity index (χ3n) is 5.55. The Hall–Kier alpha value is -3.02. The first-order valence-electron chi connectivity index (χ1n) is 8.85. The molecule has 2 atom stereocenters. The van der Waals surface area contributed by atoms with Gasteiger partial charge in [0.25, 0.3) is 0 Å². The molecule has 0 bridgehead atoms. The second kappa shape index (κ2) is 5.49. The van der Waals surface area contributed by atoms with E-state index in [4.69, 9.17) is 4.42 Å². The molecule has 26 heavy (non-hydrogen) atoms. The number of H-pyrrole nitrogens is 1. The second-order valence-corrected chi connectivity index (χ2v) is 7.03. The molecule has 6 nitrogen and oxygen atoms in total. The summed E-state index contributed by atoms with van der Waals surface area (Å²) in [6, 6.07) is 11.1. The molecule has 0 saturated carbocycles. The van der Waals surface area contributed by atoms with Gasteiger partial charge in [-0.2, -0.15) is 0 Å². The predicted octanol–water partition coefficient (Wildman–Crippen LogP) is 2.62. The minimum absolute atomic E-state index is 0.0104. The van der Waals surface area contributed by atoms with Gasteiger partial charge < -0.3 is 19.2 Å². The largest absolute Gasteiger partial charge is 0.467 e. The van der Waals surface area contributed by atoms with Crippen LogP contribution >= 0.6 is 0 Å². The number of amides is 2. The number of aromatic nitrogens is 1. The van der Waals surface area contributed by atoms with Crippen LogP contribution in [0.5, 0.6) is 0 Å². The van der Waals surface area contributed by atoms with Gasteiger partial charge in [0.05, 0.1) is 18.8 Å². The normalized spacial score (nSPS) is 22.7. The maximum Gasteiger partial charge on any atom is 0.246 e. The molecule has 3 aromatic rings. The molecule has 2 amide bonds. The SMILES string of the molecule is CC1c2[nH]c3ccccc3c2CC2C(=O)N(Cc3ccco3)CC(=O)N21. The minimum atomic E-state index is -0.451. The van der Waals surface area contributed by atoms with E-state index in [1.54, 1.807) is 22.1 Å². The molecule has 0 radical (unpaired) electrons. The molecule has 4 heterocycles. The fraction of sp³-hybridized carbons (Fsp3) is 0.300. The van der Waals surface area contributed by atoms with Crippen molar-refractivity contribution in [3.8, 4) is 0 Å². The second-order valence-electron chi connectivity index (χ2n) is 7.03. The van der Waals surface area contributed by atoms with Crippen LogP contribution < -0.4 is 0 Å². The molecular formula is C20H19N3O3. The lowest BCUT2D eigenvalue weighted by molar-refractivity contribution is -0.160. The van der Waals surface area contributed by atoms with Crippen molar-refractivity contribution < 1.29 is 14.0 Å². The number of hydrogen-bond acceptors (Lipinski definition) is 3. The molecule has 1 aromatic carbocycles. The quantitative estimate of drug-likeness (QED) is 0.773. The van der Waals surface area contributed by atoms with Crippen molar-refractivity contribution in [1.82, 2.24) is 14.8 Å². The molecule has 132 valence electrons. The van der Waals surface area contributed by atoms with E-state index in [2.05, 4.69) is 11.1 Å². The van der Waals surface area contributed by atoms with Gasteiger partial charge in [0.2, 0.25) is 11.8 Å². The highest BCUT2D eigenvalue weighted by molar-refractivity contribution is 5.97. The maximum absolute atomic E-state index is 13.1. The van der Waals surface area contributed by atoms with Gasteiger partial charge >= 0.3 is 0 Å². The van der Waals surface area contributed by atoms with E-state index in [9.17, 15) is 9.59 Å². The van der Waals surface area contributed by atoms with Gasteiger partial charge in [0.1, 0.15) is 18.3 Å². The van der Waals surface area contributed by atoms with Crippen LogP contribution in [0.4, 0.5) is 0 Å². The molecule has 5 rings (SSSR count). The van der Waals surface area contributed by atoms with Crippen molar-refractivity contribution in [2.45, 2.75) is 32.0 Å². The van der Waals surface area contributed by atoms with E-state index < -0.39 is 6.04 Å². The van der Waals surface area contributed by atoms with Gasteiger partial charge in [-0.25, -0.2) is 0 Å². The summed E-state index contributed by atoms with van der Waals surface area (Å²) in [6.45, 7) is 2.42. The van der Waals surface area contributed by atoms with Crippen LogP contribution in [0.2, 0.25) is 0 Å². The van der Waals surface area contributed by atoms with Gasteiger partial charge in [-0.1, -0.05) is 18.2 Å². The lowest BCUT2D eigenvalue weighted by Crippen LogP contribution is -2.62. The number of furan rings is 1. The van der Waals surface area contributed by atoms with E-state index in [0.717, 1.165) is 22.2 Å². The summed E-state index contributed by atoms with van der Waals surface area (Å²) >= 11 is 0. The number of hydrogen-bond donors (Lipinski definition) is 1. The van der Waals surface area contributed by atoms with Crippen LogP contribution in [0.3, 0.4) is 0 Å². The molecule has 2 aliphatic heterocycles. The Labute approximate surface area is 150 Å². The summed E-state index contributed by atoms with van der Waals surface area (Å²) < 4.78 is 5.35. The third kappa shape index (κ3) is 2.11. The van der Waals surface area contributed by atoms with E-state index in [1.165, 1.54) is 0 Å². The Morgan fingerprint density at radius 2 is 2.04 bits per heavy atom. The Kier molecular flexibility index (Phi) is 3.22. The van der Waals surface area contributed by atoms with Gasteiger partial charge in [0.15, 0.2) is 0 Å². The summed E-state index contributed by atoms with van der Waals surface area (Å²) in [4.78, 5) is 32.8. The van der Waals surface area contributed by atoms with Crippen molar-refractivity contribution in [3.63, 3.8) is 0 Å². The van der Waals surface area contributed by atoms with Crippen LogP contribution in [-0.4, -0.2) is 39.2 Å². The first-order valence-corrected chi connectivity index (χ1v) is 8.85. The third-order valence-corrected chi connectivity index (χ3v) is 5.55. The highest BCUT2D eigenvalue weighted by Crippen LogP contribution is 2.39. The molecule has 6 heteroatoms. The Bertz CT molecular complexity index is 1000. The number of piperazine rings is 1. The number of benzene rings is 1. The van der Waals surface area contributed by atoms with Crippen LogP contribution in [0.15, 0.2) is 47.1 Å². The predicted molar refractivity (Wildman–Crippen MR) is 95.2 cm³/mol. The highest BCUT2D eigenvalue weighted by Gasteiger charge is 2.46. The Morgan fingerprint density at radius 1 is 1.19 bits per heavy atom. The first kappa shape index (κ1) is 15.3. The van der Waals surface area contributed by atoms with Crippen molar-refractivity contribution in [2.75, 3.05) is 6.54 Å². The van der Waals surface area contributed by atoms with Gasteiger partial charge in [-0.15, -0.1) is 0 Å². The zero-order valence-corrected chi connectivity index (χ0v) is 14.4. The van der Waals surface area contributed by atoms with Crippen molar-refractivity contribution >= 4 is 22.7 Å². The molecule has 0 spiro atoms. The summed E-state index contributed by atoms with van der Waals surface area (Å²) in [5, 5.41) is 1.14. The Balaban J connectivity index is 1.54. The molecule has 2 aromatic heterocycles. The van der Waals surface area contributed by atoms with Gasteiger partial charge in [0, 0.05) is 23.0 Å². The zero-order valence-electron chi connectivity index (χ0n) is 14.4. The lowest BCUT2D eigenvalue weighted by Gasteiger charge is -2.45. The average Bonchev–Trinajstić information content (AvgIpc) is 3.27. The van der Waals surface area contributed by atoms with Gasteiger partial charge in [-0.3, -0.25) is 9.59 Å². The van der Waals surface area contributed by atoms with Crippen LogP contribution in [-0.2, 0) is 22.6 Å². The number of nitrogens with zero attached hydrogens (tertiary/aromatic N) is 2. The van der Waals surface area contributed by atoms with Crippen LogP contribution in [0, 0.1) is 0 Å². The van der Waals surface area contributed by atoms with E-state index in [1.807, 2.05) is 31.2 Å². The van der Waals surface area contributed by atoms with E-state index >= 15 is 0 Å². The van der Waals surface area contributed by atoms with Crippen LogP contribution in [0.1, 0.15) is 30.0 Å². The summed E-state index contributed by atoms with van der Waals surface area (Å²) in [5.41, 5.74) is 3.25. The Morgan fingerprint density at radius 3 is 2.85 bits per heavy atom. The molecule has 1 N–H and O–H groups in total. The number of carbonyl (C=O) groups excluding carboxylic acids is 2. The van der Waals surface area contributed by atoms with E-state index in [0.29, 0.717) is 18.7 Å². The molecular weight excluding hydrogens is 330 g/mol. The smallest absolute Gasteiger partial charge is 0.246 e. The fourth-order valence-electron chi connectivity index (χ4n) is 4.35. The number of rotatable bonds is 2. The molecule has 1 fully saturated rings. The minimum Gasteiger partial charge on any atom is -0.467 e. The van der Waals surface area contributed by atoms with Crippen molar-refractivity contribution in [2.24, 2.45) is 0 Å². The monoisotopic (exact) mass is 349 g/mol. The maximum atomic E-state index is 13.1. The highest BCUT2D eigenvalue weighted by atomic mass is 16.3. The molecule has 2 aliphatic rings. The molecule has 2 unspecified atom stereocenters. The summed E-state index contributed by atoms with van der Waals surface area (Å²) in [6.07, 6.45) is 2.13. The first-order chi connectivity index (χ1) is 12.6. The number of para-hydroxylation sites is 1. The summed E-state index contributed by atoms with van der Waals surface area (Å²) in [5.74, 6) is 0.665. The summed E-state index contributed by atoms with van der Waals surface area (Å²) in [7, 11) is 0. The number of aromatic amines is 1. The number of nitrogens with one attached hydrogen (secondary N) is 1. The fourth-order valence-corrected chi connectivity index (χ4v) is 4.35. The van der Waals surface area contributed by atoms with E-state index in [-0.39, 0.29) is 24.4 Å². The lowest BCUT2D eigenvalue weighted by atomic mass is 9.90. The number of carbonyl (C=O) groups is 2. The average molecular weight is 349 g/mol.